The average molecular weight is 593 g/mol. The number of carbonyl (C=O) groups excluding carboxylic acids is 3. The summed E-state index contributed by atoms with van der Waals surface area (Å²) in [4.78, 5) is 39.6. The lowest BCUT2D eigenvalue weighted by Gasteiger charge is -2.24. The van der Waals surface area contributed by atoms with Crippen LogP contribution < -0.4 is 16.4 Å². The van der Waals surface area contributed by atoms with Crippen molar-refractivity contribution in [2.45, 2.75) is 57.6 Å². The number of nitrogens with one attached hydrogen (secondary N) is 2. The molecular weight excluding hydrogens is 554 g/mol. The summed E-state index contributed by atoms with van der Waals surface area (Å²) in [5.74, 6) is -1.62. The number of anilines is 1. The van der Waals surface area contributed by atoms with Gasteiger partial charge in [-0.1, -0.05) is 26.0 Å². The molecule has 41 heavy (non-hydrogen) atoms. The molecule has 0 radical (unpaired) electrons. The van der Waals surface area contributed by atoms with Gasteiger partial charge in [0.25, 0.3) is 5.91 Å². The Bertz CT molecular complexity index is 1210. The minimum Gasteiger partial charge on any atom is -0.462 e. The Morgan fingerprint density at radius 3 is 2.54 bits per heavy atom. The van der Waals surface area contributed by atoms with Gasteiger partial charge >= 0.3 is 5.97 Å². The number of thioether (sulfide) groups is 1. The first-order valence-electron chi connectivity index (χ1n) is 13.5. The summed E-state index contributed by atoms with van der Waals surface area (Å²) >= 11 is 1.35. The standard InChI is InChI=1S/C29H38F2N4O5S/c1-17(2)26(29(39)40-10-9-36)34-22-6-4-19(5-7-22)16-33-27(38)28-35(8-11-41-28)25(37)15-21(32)13-20-14-23(30)18(3)12-24(20)31/h4-7,12,14,17,21,26,28,34,36H,8-11,13,15-16,32H2,1-3H3,(H,33,38)/t21-,26-,28+/m1/s1. The zero-order valence-corrected chi connectivity index (χ0v) is 24.3. The van der Waals surface area contributed by atoms with Gasteiger partial charge in [0.05, 0.1) is 6.61 Å². The van der Waals surface area contributed by atoms with Crippen LogP contribution in [0.4, 0.5) is 14.5 Å². The first kappa shape index (κ1) is 32.3. The molecule has 12 heteroatoms. The predicted octanol–water partition coefficient (Wildman–Crippen LogP) is 2.72. The minimum atomic E-state index is -0.729. The fraction of sp³-hybridized carbons (Fsp3) is 0.483. The van der Waals surface area contributed by atoms with Gasteiger partial charge in [-0.05, 0) is 60.2 Å². The molecule has 3 rings (SSSR count). The Morgan fingerprint density at radius 1 is 1.17 bits per heavy atom. The van der Waals surface area contributed by atoms with Crippen LogP contribution in [0, 0.1) is 24.5 Å². The number of aliphatic hydroxyl groups is 1. The molecule has 9 nitrogen and oxygen atoms in total. The molecule has 224 valence electrons. The quantitative estimate of drug-likeness (QED) is 0.261. The minimum absolute atomic E-state index is 0.000763. The monoisotopic (exact) mass is 592 g/mol. The number of nitrogens with two attached hydrogens (primary N) is 1. The van der Waals surface area contributed by atoms with Crippen molar-refractivity contribution in [1.29, 1.82) is 0 Å². The fourth-order valence-electron chi connectivity index (χ4n) is 4.39. The van der Waals surface area contributed by atoms with Crippen molar-refractivity contribution < 1.29 is 33.0 Å². The van der Waals surface area contributed by atoms with Crippen LogP contribution in [0.25, 0.3) is 0 Å². The van der Waals surface area contributed by atoms with E-state index >= 15 is 0 Å². The number of ether oxygens (including phenoxy) is 1. The SMILES string of the molecule is Cc1cc(F)c(C[C@@H](N)CC(=O)N2CCS[C@H]2C(=O)NCc2ccc(N[C@@H](C(=O)OCCO)C(C)C)cc2)cc1F. The third kappa shape index (κ3) is 9.14. The number of benzene rings is 2. The molecule has 0 aliphatic carbocycles. The van der Waals surface area contributed by atoms with E-state index in [2.05, 4.69) is 10.6 Å². The zero-order valence-electron chi connectivity index (χ0n) is 23.5. The summed E-state index contributed by atoms with van der Waals surface area (Å²) in [5, 5.41) is 14.2. The van der Waals surface area contributed by atoms with Crippen molar-refractivity contribution in [3.05, 3.63) is 64.7 Å². The van der Waals surface area contributed by atoms with Gasteiger partial charge in [-0.2, -0.15) is 0 Å². The molecule has 1 saturated heterocycles. The molecule has 0 bridgehead atoms. The van der Waals surface area contributed by atoms with Crippen molar-refractivity contribution in [1.82, 2.24) is 10.2 Å². The lowest BCUT2D eigenvalue weighted by Crippen LogP contribution is -2.46. The average Bonchev–Trinajstić information content (AvgIpc) is 3.43. The smallest absolute Gasteiger partial charge is 0.328 e. The van der Waals surface area contributed by atoms with Crippen LogP contribution in [0.15, 0.2) is 36.4 Å². The molecule has 2 aromatic rings. The van der Waals surface area contributed by atoms with Gasteiger partial charge in [-0.25, -0.2) is 13.6 Å². The second-order valence-corrected chi connectivity index (χ2v) is 11.5. The van der Waals surface area contributed by atoms with Gasteiger partial charge in [-0.3, -0.25) is 9.59 Å². The maximum absolute atomic E-state index is 14.2. The number of halogens is 2. The van der Waals surface area contributed by atoms with Gasteiger partial charge in [0.2, 0.25) is 5.91 Å². The first-order chi connectivity index (χ1) is 19.5. The van der Waals surface area contributed by atoms with Crippen molar-refractivity contribution in [2.24, 2.45) is 11.7 Å². The summed E-state index contributed by atoms with van der Waals surface area (Å²) < 4.78 is 33.1. The first-order valence-corrected chi connectivity index (χ1v) is 14.6. The van der Waals surface area contributed by atoms with Crippen LogP contribution in [0.5, 0.6) is 0 Å². The summed E-state index contributed by atoms with van der Waals surface area (Å²) in [5.41, 5.74) is 7.93. The van der Waals surface area contributed by atoms with Crippen LogP contribution in [0.1, 0.15) is 37.0 Å². The van der Waals surface area contributed by atoms with E-state index in [1.54, 1.807) is 12.1 Å². The lowest BCUT2D eigenvalue weighted by atomic mass is 10.0. The van der Waals surface area contributed by atoms with E-state index in [1.165, 1.54) is 23.6 Å². The maximum Gasteiger partial charge on any atom is 0.328 e. The molecule has 1 fully saturated rings. The number of rotatable bonds is 13. The Balaban J connectivity index is 1.51. The number of amides is 2. The highest BCUT2D eigenvalue weighted by Crippen LogP contribution is 2.26. The lowest BCUT2D eigenvalue weighted by molar-refractivity contribution is -0.146. The van der Waals surface area contributed by atoms with E-state index in [0.717, 1.165) is 17.7 Å². The second kappa shape index (κ2) is 15.1. The van der Waals surface area contributed by atoms with E-state index in [4.69, 9.17) is 15.6 Å². The topological polar surface area (TPSA) is 134 Å². The molecular formula is C29H38F2N4O5S. The molecule has 0 saturated carbocycles. The number of hydrogen-bond donors (Lipinski definition) is 4. The molecule has 0 spiro atoms. The summed E-state index contributed by atoms with van der Waals surface area (Å²) in [6.07, 6.45) is -0.0993. The second-order valence-electron chi connectivity index (χ2n) is 10.3. The zero-order chi connectivity index (χ0) is 30.1. The van der Waals surface area contributed by atoms with E-state index < -0.39 is 35.1 Å². The summed E-state index contributed by atoms with van der Waals surface area (Å²) in [6.45, 7) is 5.56. The van der Waals surface area contributed by atoms with Crippen LogP contribution in [0.2, 0.25) is 0 Å². The summed E-state index contributed by atoms with van der Waals surface area (Å²) in [7, 11) is 0. The number of esters is 1. The Morgan fingerprint density at radius 2 is 1.88 bits per heavy atom. The normalized spacial score (nSPS) is 16.4. The highest BCUT2D eigenvalue weighted by Gasteiger charge is 2.35. The van der Waals surface area contributed by atoms with Gasteiger partial charge in [-0.15, -0.1) is 11.8 Å². The largest absolute Gasteiger partial charge is 0.462 e. The highest BCUT2D eigenvalue weighted by atomic mass is 32.2. The molecule has 5 N–H and O–H groups in total. The molecule has 2 amide bonds. The molecule has 0 unspecified atom stereocenters. The number of nitrogens with zero attached hydrogens (tertiary/aromatic N) is 1. The molecule has 0 aromatic heterocycles. The van der Waals surface area contributed by atoms with Crippen LogP contribution in [-0.4, -0.2) is 70.8 Å². The van der Waals surface area contributed by atoms with Crippen molar-refractivity contribution in [3.8, 4) is 0 Å². The van der Waals surface area contributed by atoms with Crippen molar-refractivity contribution >= 4 is 35.2 Å². The molecule has 1 aliphatic rings. The third-order valence-corrected chi connectivity index (χ3v) is 7.88. The number of carbonyl (C=O) groups is 3. The fourth-order valence-corrected chi connectivity index (χ4v) is 5.55. The number of aliphatic hydroxyl groups excluding tert-OH is 1. The van der Waals surface area contributed by atoms with E-state index in [9.17, 15) is 23.2 Å². The molecule has 2 aromatic carbocycles. The van der Waals surface area contributed by atoms with Crippen LogP contribution >= 0.6 is 11.8 Å². The van der Waals surface area contributed by atoms with E-state index in [1.807, 2.05) is 26.0 Å². The van der Waals surface area contributed by atoms with E-state index in [-0.39, 0.29) is 61.5 Å². The van der Waals surface area contributed by atoms with Crippen LogP contribution in [0.3, 0.4) is 0 Å². The van der Waals surface area contributed by atoms with Crippen LogP contribution in [-0.2, 0) is 32.1 Å². The Kier molecular flexibility index (Phi) is 11.9. The molecule has 1 aliphatic heterocycles. The molecule has 3 atom stereocenters. The molecule has 1 heterocycles. The van der Waals surface area contributed by atoms with Gasteiger partial charge in [0.15, 0.2) is 5.37 Å². The number of hydrogen-bond acceptors (Lipinski definition) is 8. The highest BCUT2D eigenvalue weighted by molar-refractivity contribution is 8.00. The van der Waals surface area contributed by atoms with Crippen molar-refractivity contribution in [3.63, 3.8) is 0 Å². The third-order valence-electron chi connectivity index (χ3n) is 6.68. The van der Waals surface area contributed by atoms with Gasteiger partial charge in [0.1, 0.15) is 24.3 Å². The van der Waals surface area contributed by atoms with E-state index in [0.29, 0.717) is 18.0 Å². The Labute approximate surface area is 243 Å². The summed E-state index contributed by atoms with van der Waals surface area (Å²) in [6, 6.07) is 8.12. The van der Waals surface area contributed by atoms with Crippen molar-refractivity contribution in [2.75, 3.05) is 30.8 Å². The van der Waals surface area contributed by atoms with Gasteiger partial charge in [0, 0.05) is 37.0 Å². The maximum atomic E-state index is 14.2. The number of aryl methyl sites for hydroxylation is 1. The predicted molar refractivity (Wildman–Crippen MR) is 154 cm³/mol. The Hall–Kier alpha value is -3.22. The van der Waals surface area contributed by atoms with Gasteiger partial charge < -0.3 is 31.1 Å².